The van der Waals surface area contributed by atoms with E-state index in [0.717, 1.165) is 11.1 Å². The van der Waals surface area contributed by atoms with E-state index in [0.29, 0.717) is 62.3 Å². The van der Waals surface area contributed by atoms with Crippen LogP contribution in [0, 0.1) is 29.6 Å². The van der Waals surface area contributed by atoms with Crippen LogP contribution in [-0.2, 0) is 19.2 Å². The van der Waals surface area contributed by atoms with Crippen LogP contribution in [0.4, 0.5) is 11.4 Å². The van der Waals surface area contributed by atoms with Crippen LogP contribution < -0.4 is 14.5 Å². The number of phenolic OH excluding ortho intramolecular Hbond substituents is 1. The fraction of sp³-hybridized carbons (Fsp3) is 0.191. The number of nitrogens with zero attached hydrogens (tertiary/aromatic N) is 4. The molecule has 290 valence electrons. The number of carbonyl (C=O) groups excluding carboxylic acids is 4. The van der Waals surface area contributed by atoms with Crippen molar-refractivity contribution in [2.45, 2.75) is 18.8 Å². The van der Waals surface area contributed by atoms with Crippen molar-refractivity contribution in [3.63, 3.8) is 0 Å². The lowest BCUT2D eigenvalue weighted by Gasteiger charge is -2.44. The fourth-order valence-corrected chi connectivity index (χ4v) is 9.85. The zero-order valence-corrected chi connectivity index (χ0v) is 31.5. The number of imide groups is 2. The molecule has 12 heteroatoms. The zero-order chi connectivity index (χ0) is 40.1. The van der Waals surface area contributed by atoms with Crippen LogP contribution in [0.1, 0.15) is 24.3 Å². The number of carbonyl (C=O) groups is 4. The summed E-state index contributed by atoms with van der Waals surface area (Å²) in [7, 11) is 1.51. The summed E-state index contributed by atoms with van der Waals surface area (Å²) < 4.78 is 17.4. The molecule has 0 radical (unpaired) electrons. The van der Waals surface area contributed by atoms with Gasteiger partial charge in [0.05, 0.1) is 42.2 Å². The van der Waals surface area contributed by atoms with Gasteiger partial charge in [0.1, 0.15) is 22.5 Å². The Morgan fingerprint density at radius 3 is 1.73 bits per heavy atom. The highest BCUT2D eigenvalue weighted by atomic mass is 16.5. The molecular weight excluding hydrogens is 749 g/mol. The summed E-state index contributed by atoms with van der Waals surface area (Å²) in [6.07, 6.45) is 2.40. The van der Waals surface area contributed by atoms with E-state index in [-0.39, 0.29) is 30.4 Å². The van der Waals surface area contributed by atoms with Crippen molar-refractivity contribution in [2.24, 2.45) is 29.6 Å². The minimum atomic E-state index is -0.876. The number of oxazole rings is 2. The van der Waals surface area contributed by atoms with Gasteiger partial charge in [-0.2, -0.15) is 0 Å². The molecule has 0 spiro atoms. The van der Waals surface area contributed by atoms with E-state index >= 15 is 0 Å². The Hall–Kier alpha value is -7.34. The molecule has 5 aromatic carbocycles. The Labute approximate surface area is 336 Å². The van der Waals surface area contributed by atoms with Gasteiger partial charge in [0, 0.05) is 22.6 Å². The van der Waals surface area contributed by atoms with Crippen LogP contribution >= 0.6 is 0 Å². The minimum absolute atomic E-state index is 0.0610. The van der Waals surface area contributed by atoms with Crippen molar-refractivity contribution in [3.8, 4) is 34.4 Å². The standard InChI is InChI=1S/C47H34N4O8/c1-57-28-18-21-36(52)32(22-28)39-29-19-20-30-40(46(55)50(44(30)53)26-14-10-24(11-15-26)42-48-34-6-2-4-8-37(34)58-42)31(29)23-33-41(39)47(56)51(45(33)54)27-16-12-25(13-17-27)43-49-35-7-3-5-9-38(35)59-43/h2-19,21-22,30-31,33,39-41,52H,20,23H2,1H3/t30-,31+,33+,39+,40-,41+/m0/s1. The largest absolute Gasteiger partial charge is 0.508 e. The summed E-state index contributed by atoms with van der Waals surface area (Å²) in [5.74, 6) is -4.69. The summed E-state index contributed by atoms with van der Waals surface area (Å²) in [4.78, 5) is 69.7. The van der Waals surface area contributed by atoms with E-state index in [1.165, 1.54) is 23.0 Å². The van der Waals surface area contributed by atoms with Gasteiger partial charge in [-0.3, -0.25) is 29.0 Å². The average Bonchev–Trinajstić information content (AvgIpc) is 4.02. The molecule has 2 aliphatic heterocycles. The van der Waals surface area contributed by atoms with Crippen LogP contribution in [0.25, 0.3) is 45.1 Å². The van der Waals surface area contributed by atoms with Crippen molar-refractivity contribution in [2.75, 3.05) is 16.9 Å². The van der Waals surface area contributed by atoms with E-state index in [9.17, 15) is 24.3 Å². The van der Waals surface area contributed by atoms with Crippen LogP contribution in [-0.4, -0.2) is 45.8 Å². The molecular formula is C47H34N4O8. The first-order valence-corrected chi connectivity index (χ1v) is 19.5. The van der Waals surface area contributed by atoms with Gasteiger partial charge in [0.2, 0.25) is 35.4 Å². The number of aromatic nitrogens is 2. The molecule has 2 saturated heterocycles. The molecule has 2 aromatic heterocycles. The van der Waals surface area contributed by atoms with Gasteiger partial charge in [-0.1, -0.05) is 35.9 Å². The highest BCUT2D eigenvalue weighted by Gasteiger charge is 2.62. The van der Waals surface area contributed by atoms with E-state index in [4.69, 9.17) is 13.6 Å². The van der Waals surface area contributed by atoms with Gasteiger partial charge in [-0.25, -0.2) is 9.97 Å². The predicted molar refractivity (Wildman–Crippen MR) is 216 cm³/mol. The first kappa shape index (κ1) is 34.9. The first-order valence-electron chi connectivity index (χ1n) is 19.5. The number of allylic oxidation sites excluding steroid dienone is 2. The number of para-hydroxylation sites is 4. The summed E-state index contributed by atoms with van der Waals surface area (Å²) in [5, 5.41) is 11.4. The van der Waals surface area contributed by atoms with Gasteiger partial charge in [-0.15, -0.1) is 0 Å². The van der Waals surface area contributed by atoms with Crippen molar-refractivity contribution in [3.05, 3.63) is 132 Å². The number of amides is 4. The average molecular weight is 783 g/mol. The van der Waals surface area contributed by atoms with Gasteiger partial charge >= 0.3 is 0 Å². The maximum atomic E-state index is 14.7. The first-order chi connectivity index (χ1) is 28.8. The lowest BCUT2D eigenvalue weighted by molar-refractivity contribution is -0.126. The molecule has 1 N–H and O–H groups in total. The zero-order valence-electron chi connectivity index (χ0n) is 31.5. The van der Waals surface area contributed by atoms with Crippen molar-refractivity contribution in [1.29, 1.82) is 0 Å². The highest BCUT2D eigenvalue weighted by molar-refractivity contribution is 6.24. The number of hydrogen-bond acceptors (Lipinski definition) is 10. The molecule has 1 saturated carbocycles. The topological polar surface area (TPSA) is 156 Å². The molecule has 4 aliphatic rings. The SMILES string of the molecule is COc1ccc(O)c([C@H]2C3=CC[C@@H]4C(=O)N(c5ccc(-c6nc7ccccc7o6)cc5)C(=O)[C@@H]4[C@@H]3C[C@H]3C(=O)N(c4ccc(-c5nc6ccccc6o5)cc4)C(=O)[C@@H]23)c1. The molecule has 11 rings (SSSR count). The molecule has 4 amide bonds. The number of phenols is 1. The lowest BCUT2D eigenvalue weighted by Crippen LogP contribution is -2.43. The van der Waals surface area contributed by atoms with E-state index in [1.54, 1.807) is 60.7 Å². The van der Waals surface area contributed by atoms with Crippen LogP contribution in [0.3, 0.4) is 0 Å². The van der Waals surface area contributed by atoms with E-state index < -0.39 is 47.3 Å². The summed E-state index contributed by atoms with van der Waals surface area (Å²) in [6.45, 7) is 0. The number of hydrogen-bond donors (Lipinski definition) is 1. The van der Waals surface area contributed by atoms with Crippen molar-refractivity contribution < 1.29 is 37.9 Å². The van der Waals surface area contributed by atoms with E-state index in [2.05, 4.69) is 9.97 Å². The highest BCUT2D eigenvalue weighted by Crippen LogP contribution is 2.59. The fourth-order valence-electron chi connectivity index (χ4n) is 9.85. The van der Waals surface area contributed by atoms with Gasteiger partial charge < -0.3 is 18.7 Å². The third-order valence-corrected chi connectivity index (χ3v) is 12.6. The summed E-state index contributed by atoms with van der Waals surface area (Å²) >= 11 is 0. The van der Waals surface area contributed by atoms with Gasteiger partial charge in [0.25, 0.3) is 0 Å². The molecule has 4 heterocycles. The Balaban J connectivity index is 0.938. The molecule has 0 unspecified atom stereocenters. The second-order valence-electron chi connectivity index (χ2n) is 15.5. The molecule has 2 aliphatic carbocycles. The molecule has 6 atom stereocenters. The minimum Gasteiger partial charge on any atom is -0.508 e. The van der Waals surface area contributed by atoms with Gasteiger partial charge in [0.15, 0.2) is 11.2 Å². The monoisotopic (exact) mass is 782 g/mol. The summed E-state index contributed by atoms with van der Waals surface area (Å²) in [6, 6.07) is 33.6. The number of anilines is 2. The Kier molecular flexibility index (Phi) is 7.74. The number of fused-ring (bicyclic) bond motifs is 6. The molecule has 59 heavy (non-hydrogen) atoms. The molecule has 3 fully saturated rings. The van der Waals surface area contributed by atoms with Crippen molar-refractivity contribution in [1.82, 2.24) is 9.97 Å². The van der Waals surface area contributed by atoms with Crippen molar-refractivity contribution >= 4 is 57.2 Å². The number of rotatable bonds is 6. The second-order valence-corrected chi connectivity index (χ2v) is 15.5. The van der Waals surface area contributed by atoms with E-state index in [1.807, 2.05) is 54.6 Å². The number of ether oxygens (including phenoxy) is 1. The van der Waals surface area contributed by atoms with Crippen LogP contribution in [0.2, 0.25) is 0 Å². The lowest BCUT2D eigenvalue weighted by atomic mass is 9.57. The third kappa shape index (κ3) is 5.28. The second kappa shape index (κ2) is 13.1. The Bertz CT molecular complexity index is 2860. The molecule has 12 nitrogen and oxygen atoms in total. The molecule has 7 aromatic rings. The van der Waals surface area contributed by atoms with Crippen LogP contribution in [0.5, 0.6) is 11.5 Å². The van der Waals surface area contributed by atoms with Crippen LogP contribution in [0.15, 0.2) is 136 Å². The normalized spacial score (nSPS) is 23.8. The summed E-state index contributed by atoms with van der Waals surface area (Å²) in [5.41, 5.74) is 6.10. The quantitative estimate of drug-likeness (QED) is 0.129. The molecule has 0 bridgehead atoms. The number of methoxy groups -OCH3 is 1. The smallest absolute Gasteiger partial charge is 0.238 e. The third-order valence-electron chi connectivity index (χ3n) is 12.6. The maximum Gasteiger partial charge on any atom is 0.238 e. The van der Waals surface area contributed by atoms with Gasteiger partial charge in [-0.05, 0) is 110 Å². The maximum absolute atomic E-state index is 14.7. The Morgan fingerprint density at radius 2 is 1.17 bits per heavy atom. The Morgan fingerprint density at radius 1 is 0.627 bits per heavy atom. The number of aromatic hydroxyl groups is 1. The predicted octanol–water partition coefficient (Wildman–Crippen LogP) is 8.06. The number of benzene rings is 5.